The third-order valence-corrected chi connectivity index (χ3v) is 5.54. The fraction of sp³-hybridized carbons (Fsp3) is 0.0357. The summed E-state index contributed by atoms with van der Waals surface area (Å²) in [7, 11) is 0. The van der Waals surface area contributed by atoms with Crippen LogP contribution in [0.2, 0.25) is 0 Å². The molecule has 5 rings (SSSR count). The van der Waals surface area contributed by atoms with Crippen LogP contribution in [0.4, 0.5) is 5.69 Å². The van der Waals surface area contributed by atoms with Gasteiger partial charge in [-0.25, -0.2) is 4.98 Å². The van der Waals surface area contributed by atoms with Gasteiger partial charge in [-0.2, -0.15) is 0 Å². The number of anilines is 1. The number of amides is 1. The maximum absolute atomic E-state index is 12.8. The lowest BCUT2D eigenvalue weighted by molar-refractivity contribution is 0.102. The Hall–Kier alpha value is -4.51. The molecule has 0 fully saturated rings. The molecule has 5 nitrogen and oxygen atoms in total. The standard InChI is InChI=1S/C28H21N3O2/c1-19-29-25-18-23(16-17-26(25)31(19)24-10-6-3-7-11-24)30-28(33)22-14-12-21(13-15-22)27(32)20-8-4-2-5-9-20/h2-18H,1H3,(H,30,33). The highest BCUT2D eigenvalue weighted by Crippen LogP contribution is 2.24. The maximum atomic E-state index is 12.8. The molecule has 0 radical (unpaired) electrons. The number of fused-ring (bicyclic) bond motifs is 1. The van der Waals surface area contributed by atoms with Gasteiger partial charge in [0, 0.05) is 28.1 Å². The molecule has 1 heterocycles. The highest BCUT2D eigenvalue weighted by Gasteiger charge is 2.13. The van der Waals surface area contributed by atoms with Crippen LogP contribution in [-0.4, -0.2) is 21.2 Å². The van der Waals surface area contributed by atoms with Gasteiger partial charge in [-0.1, -0.05) is 60.7 Å². The number of aryl methyl sites for hydroxylation is 1. The lowest BCUT2D eigenvalue weighted by Gasteiger charge is -2.08. The van der Waals surface area contributed by atoms with Crippen molar-refractivity contribution < 1.29 is 9.59 Å². The van der Waals surface area contributed by atoms with Crippen LogP contribution in [0, 0.1) is 6.92 Å². The van der Waals surface area contributed by atoms with Gasteiger partial charge in [-0.3, -0.25) is 14.2 Å². The van der Waals surface area contributed by atoms with Gasteiger partial charge >= 0.3 is 0 Å². The van der Waals surface area contributed by atoms with E-state index in [0.29, 0.717) is 22.4 Å². The number of carbonyl (C=O) groups is 2. The molecule has 0 atom stereocenters. The summed E-state index contributed by atoms with van der Waals surface area (Å²) >= 11 is 0. The number of ketones is 1. The number of hydrogen-bond donors (Lipinski definition) is 1. The quantitative estimate of drug-likeness (QED) is 0.357. The van der Waals surface area contributed by atoms with Crippen LogP contribution < -0.4 is 5.32 Å². The summed E-state index contributed by atoms with van der Waals surface area (Å²) in [6.07, 6.45) is 0. The van der Waals surface area contributed by atoms with Crippen molar-refractivity contribution in [3.63, 3.8) is 0 Å². The van der Waals surface area contributed by atoms with E-state index in [-0.39, 0.29) is 11.7 Å². The predicted molar refractivity (Wildman–Crippen MR) is 130 cm³/mol. The monoisotopic (exact) mass is 431 g/mol. The minimum absolute atomic E-state index is 0.0719. The Morgan fingerprint density at radius 2 is 1.33 bits per heavy atom. The summed E-state index contributed by atoms with van der Waals surface area (Å²) in [6.45, 7) is 1.96. The van der Waals surface area contributed by atoms with Crippen LogP contribution in [0.5, 0.6) is 0 Å². The van der Waals surface area contributed by atoms with Gasteiger partial charge in [0.25, 0.3) is 5.91 Å². The van der Waals surface area contributed by atoms with Crippen LogP contribution in [0.1, 0.15) is 32.1 Å². The number of hydrogen-bond acceptors (Lipinski definition) is 3. The summed E-state index contributed by atoms with van der Waals surface area (Å²) < 4.78 is 2.09. The summed E-state index contributed by atoms with van der Waals surface area (Å²) in [4.78, 5) is 30.0. The van der Waals surface area contributed by atoms with Crippen LogP contribution in [0.15, 0.2) is 103 Å². The minimum Gasteiger partial charge on any atom is -0.322 e. The van der Waals surface area contributed by atoms with E-state index in [9.17, 15) is 9.59 Å². The fourth-order valence-corrected chi connectivity index (χ4v) is 3.91. The van der Waals surface area contributed by atoms with Gasteiger partial charge in [0.2, 0.25) is 0 Å². The van der Waals surface area contributed by atoms with E-state index < -0.39 is 0 Å². The Bertz CT molecular complexity index is 1450. The van der Waals surface area contributed by atoms with E-state index in [4.69, 9.17) is 0 Å². The Kier molecular flexibility index (Phi) is 5.29. The van der Waals surface area contributed by atoms with Crippen LogP contribution in [0.25, 0.3) is 16.7 Å². The summed E-state index contributed by atoms with van der Waals surface area (Å²) in [5.74, 6) is 0.558. The molecule has 0 saturated heterocycles. The molecule has 4 aromatic carbocycles. The SMILES string of the molecule is Cc1nc2cc(NC(=O)c3ccc(C(=O)c4ccccc4)cc3)ccc2n1-c1ccccc1. The average Bonchev–Trinajstić information content (AvgIpc) is 3.19. The third kappa shape index (κ3) is 4.04. The van der Waals surface area contributed by atoms with E-state index in [1.807, 2.05) is 73.7 Å². The zero-order chi connectivity index (χ0) is 22.8. The molecule has 0 aliphatic rings. The molecule has 5 heteroatoms. The second-order valence-corrected chi connectivity index (χ2v) is 7.76. The normalized spacial score (nSPS) is 10.8. The number of nitrogens with zero attached hydrogens (tertiary/aromatic N) is 2. The molecule has 0 bridgehead atoms. The number of benzene rings is 4. The number of para-hydroxylation sites is 1. The van der Waals surface area contributed by atoms with Gasteiger partial charge in [0.15, 0.2) is 5.78 Å². The van der Waals surface area contributed by atoms with Gasteiger partial charge in [-0.05, 0) is 49.4 Å². The summed E-state index contributed by atoms with van der Waals surface area (Å²) in [5, 5.41) is 2.93. The number of imidazole rings is 1. The van der Waals surface area contributed by atoms with Crippen molar-refractivity contribution in [1.29, 1.82) is 0 Å². The molecule has 1 N–H and O–H groups in total. The van der Waals surface area contributed by atoms with E-state index in [1.165, 1.54) is 0 Å². The number of rotatable bonds is 5. The first-order valence-electron chi connectivity index (χ1n) is 10.7. The van der Waals surface area contributed by atoms with Crippen molar-refractivity contribution in [3.8, 4) is 5.69 Å². The fourth-order valence-electron chi connectivity index (χ4n) is 3.91. The Balaban J connectivity index is 1.35. The molecule has 5 aromatic rings. The van der Waals surface area contributed by atoms with E-state index in [2.05, 4.69) is 14.9 Å². The molecular formula is C28H21N3O2. The van der Waals surface area contributed by atoms with Crippen LogP contribution >= 0.6 is 0 Å². The van der Waals surface area contributed by atoms with Crippen molar-refractivity contribution in [2.24, 2.45) is 0 Å². The lowest BCUT2D eigenvalue weighted by atomic mass is 10.0. The van der Waals surface area contributed by atoms with Crippen molar-refractivity contribution in [1.82, 2.24) is 9.55 Å². The van der Waals surface area contributed by atoms with Gasteiger partial charge in [0.1, 0.15) is 5.82 Å². The highest BCUT2D eigenvalue weighted by molar-refractivity contribution is 6.10. The Morgan fingerprint density at radius 1 is 0.727 bits per heavy atom. The number of aromatic nitrogens is 2. The molecule has 0 saturated carbocycles. The van der Waals surface area contributed by atoms with Crippen molar-refractivity contribution in [2.75, 3.05) is 5.32 Å². The maximum Gasteiger partial charge on any atom is 0.255 e. The number of carbonyl (C=O) groups excluding carboxylic acids is 2. The number of nitrogens with one attached hydrogen (secondary N) is 1. The molecule has 0 spiro atoms. The zero-order valence-corrected chi connectivity index (χ0v) is 18.0. The van der Waals surface area contributed by atoms with Crippen LogP contribution in [-0.2, 0) is 0 Å². The molecule has 160 valence electrons. The predicted octanol–water partition coefficient (Wildman–Crippen LogP) is 5.82. The van der Waals surface area contributed by atoms with Gasteiger partial charge in [0.05, 0.1) is 11.0 Å². The second-order valence-electron chi connectivity index (χ2n) is 7.76. The van der Waals surface area contributed by atoms with Crippen molar-refractivity contribution in [3.05, 3.63) is 126 Å². The first-order valence-corrected chi connectivity index (χ1v) is 10.7. The van der Waals surface area contributed by atoms with Gasteiger partial charge < -0.3 is 5.32 Å². The van der Waals surface area contributed by atoms with E-state index in [1.54, 1.807) is 36.4 Å². The molecule has 0 unspecified atom stereocenters. The zero-order valence-electron chi connectivity index (χ0n) is 18.0. The lowest BCUT2D eigenvalue weighted by Crippen LogP contribution is -2.12. The van der Waals surface area contributed by atoms with E-state index in [0.717, 1.165) is 22.5 Å². The summed E-state index contributed by atoms with van der Waals surface area (Å²) in [5.41, 5.74) is 5.12. The van der Waals surface area contributed by atoms with Crippen LogP contribution in [0.3, 0.4) is 0 Å². The molecule has 1 aromatic heterocycles. The van der Waals surface area contributed by atoms with Gasteiger partial charge in [-0.15, -0.1) is 0 Å². The first-order chi connectivity index (χ1) is 16.1. The Labute approximate surface area is 191 Å². The molecule has 1 amide bonds. The third-order valence-electron chi connectivity index (χ3n) is 5.54. The first kappa shape index (κ1) is 20.4. The molecule has 33 heavy (non-hydrogen) atoms. The molecule has 0 aliphatic carbocycles. The average molecular weight is 431 g/mol. The summed E-state index contributed by atoms with van der Waals surface area (Å²) in [6, 6.07) is 31.5. The topological polar surface area (TPSA) is 64.0 Å². The highest BCUT2D eigenvalue weighted by atomic mass is 16.1. The molecular weight excluding hydrogens is 410 g/mol. The van der Waals surface area contributed by atoms with Crippen molar-refractivity contribution in [2.45, 2.75) is 6.92 Å². The van der Waals surface area contributed by atoms with E-state index >= 15 is 0 Å². The minimum atomic E-state index is -0.243. The molecule has 0 aliphatic heterocycles. The second kappa shape index (κ2) is 8.55. The largest absolute Gasteiger partial charge is 0.322 e. The Morgan fingerprint density at radius 3 is 2.03 bits per heavy atom. The van der Waals surface area contributed by atoms with Crippen molar-refractivity contribution >= 4 is 28.4 Å². The smallest absolute Gasteiger partial charge is 0.255 e.